The molecule has 0 unspecified atom stereocenters. The summed E-state index contributed by atoms with van der Waals surface area (Å²) >= 11 is 0. The van der Waals surface area contributed by atoms with Crippen LogP contribution in [0.2, 0.25) is 0 Å². The molecule has 2 aromatic rings. The lowest BCUT2D eigenvalue weighted by Gasteiger charge is -2.27. The normalized spacial score (nSPS) is 15.1. The van der Waals surface area contributed by atoms with Crippen molar-refractivity contribution in [3.05, 3.63) is 47.9 Å². The Hall–Kier alpha value is -2.36. The molecule has 1 aliphatic heterocycles. The van der Waals surface area contributed by atoms with E-state index in [2.05, 4.69) is 0 Å². The number of nitrogens with zero attached hydrogens (tertiary/aromatic N) is 2. The Morgan fingerprint density at radius 2 is 2.00 bits per heavy atom. The molecule has 0 bridgehead atoms. The van der Waals surface area contributed by atoms with Crippen molar-refractivity contribution in [3.8, 4) is 5.75 Å². The average Bonchev–Trinajstić information content (AvgIpc) is 3.20. The van der Waals surface area contributed by atoms with Gasteiger partial charge >= 0.3 is 0 Å². The van der Waals surface area contributed by atoms with E-state index in [4.69, 9.17) is 13.9 Å². The van der Waals surface area contributed by atoms with Gasteiger partial charge in [0.1, 0.15) is 11.5 Å². The van der Waals surface area contributed by atoms with Crippen molar-refractivity contribution >= 4 is 15.9 Å². The molecule has 0 radical (unpaired) electrons. The number of sulfonamides is 1. The molecule has 0 spiro atoms. The molecule has 1 amide bonds. The number of carbonyl (C=O) groups excluding carboxylic acids is 1. The highest BCUT2D eigenvalue weighted by molar-refractivity contribution is 7.89. The van der Waals surface area contributed by atoms with Crippen LogP contribution in [0.25, 0.3) is 0 Å². The summed E-state index contributed by atoms with van der Waals surface area (Å²) in [5, 5.41) is 0. The molecule has 0 aliphatic carbocycles. The summed E-state index contributed by atoms with van der Waals surface area (Å²) in [6, 6.07) is 7.70. The van der Waals surface area contributed by atoms with E-state index in [0.717, 1.165) is 0 Å². The van der Waals surface area contributed by atoms with Crippen molar-refractivity contribution in [1.29, 1.82) is 0 Å². The Morgan fingerprint density at radius 3 is 2.63 bits per heavy atom. The van der Waals surface area contributed by atoms with Crippen LogP contribution in [-0.4, -0.2) is 64.0 Å². The zero-order valence-electron chi connectivity index (χ0n) is 15.3. The van der Waals surface area contributed by atoms with Crippen LogP contribution in [0.3, 0.4) is 0 Å². The molecule has 1 fully saturated rings. The highest BCUT2D eigenvalue weighted by Crippen LogP contribution is 2.26. The molecular formula is C18H22N2O6S. The van der Waals surface area contributed by atoms with Crippen molar-refractivity contribution in [2.75, 3.05) is 40.5 Å². The predicted molar refractivity (Wildman–Crippen MR) is 97.1 cm³/mol. The van der Waals surface area contributed by atoms with Gasteiger partial charge in [-0.05, 0) is 30.3 Å². The largest absolute Gasteiger partial charge is 0.496 e. The third-order valence-electron chi connectivity index (χ3n) is 4.37. The van der Waals surface area contributed by atoms with Crippen LogP contribution in [0.1, 0.15) is 16.1 Å². The first kappa shape index (κ1) is 19.4. The second-order valence-corrected chi connectivity index (χ2v) is 8.15. The first-order valence-corrected chi connectivity index (χ1v) is 9.91. The van der Waals surface area contributed by atoms with Crippen LogP contribution < -0.4 is 4.74 Å². The summed E-state index contributed by atoms with van der Waals surface area (Å²) in [5.41, 5.74) is 0.215. The van der Waals surface area contributed by atoms with Crippen molar-refractivity contribution < 1.29 is 27.1 Å². The SMILES string of the molecule is COc1ccc(S(=O)(=O)N(C)Cc2ccco2)cc1C(=O)N1CCOCC1. The second kappa shape index (κ2) is 8.12. The maximum Gasteiger partial charge on any atom is 0.257 e. The third kappa shape index (κ3) is 4.15. The lowest BCUT2D eigenvalue weighted by molar-refractivity contribution is 0.0300. The number of amides is 1. The zero-order chi connectivity index (χ0) is 19.4. The number of carbonyl (C=O) groups is 1. The third-order valence-corrected chi connectivity index (χ3v) is 6.17. The smallest absolute Gasteiger partial charge is 0.257 e. The van der Waals surface area contributed by atoms with Gasteiger partial charge in [-0.15, -0.1) is 0 Å². The summed E-state index contributed by atoms with van der Waals surface area (Å²) in [5.74, 6) is 0.583. The monoisotopic (exact) mass is 394 g/mol. The minimum atomic E-state index is -3.80. The highest BCUT2D eigenvalue weighted by Gasteiger charge is 2.27. The van der Waals surface area contributed by atoms with Gasteiger partial charge in [-0.2, -0.15) is 4.31 Å². The molecule has 0 N–H and O–H groups in total. The fourth-order valence-corrected chi connectivity index (χ4v) is 4.00. The maximum atomic E-state index is 12.9. The Labute approximate surface area is 158 Å². The fourth-order valence-electron chi connectivity index (χ4n) is 2.84. The number of ether oxygens (including phenoxy) is 2. The van der Waals surface area contributed by atoms with Gasteiger partial charge in [-0.25, -0.2) is 8.42 Å². The molecule has 27 heavy (non-hydrogen) atoms. The molecule has 8 nitrogen and oxygen atoms in total. The van der Waals surface area contributed by atoms with E-state index >= 15 is 0 Å². The van der Waals surface area contributed by atoms with Gasteiger partial charge in [0.15, 0.2) is 0 Å². The second-order valence-electron chi connectivity index (χ2n) is 6.11. The van der Waals surface area contributed by atoms with Crippen molar-refractivity contribution in [1.82, 2.24) is 9.21 Å². The van der Waals surface area contributed by atoms with E-state index < -0.39 is 10.0 Å². The van der Waals surface area contributed by atoms with Gasteiger partial charge in [0.25, 0.3) is 5.91 Å². The van der Waals surface area contributed by atoms with Gasteiger partial charge in [0, 0.05) is 20.1 Å². The Kier molecular flexibility index (Phi) is 5.83. The zero-order valence-corrected chi connectivity index (χ0v) is 16.1. The molecule has 1 aromatic heterocycles. The van der Waals surface area contributed by atoms with Crippen LogP contribution in [-0.2, 0) is 21.3 Å². The lowest BCUT2D eigenvalue weighted by Crippen LogP contribution is -2.40. The summed E-state index contributed by atoms with van der Waals surface area (Å²) in [7, 11) is -0.894. The number of furan rings is 1. The van der Waals surface area contributed by atoms with Crippen LogP contribution in [0.5, 0.6) is 5.75 Å². The molecule has 1 saturated heterocycles. The molecular weight excluding hydrogens is 372 g/mol. The molecule has 2 heterocycles. The van der Waals surface area contributed by atoms with E-state index in [1.54, 1.807) is 17.0 Å². The minimum Gasteiger partial charge on any atom is -0.496 e. The Morgan fingerprint density at radius 1 is 1.26 bits per heavy atom. The number of morpholine rings is 1. The Balaban J connectivity index is 1.90. The maximum absolute atomic E-state index is 12.9. The average molecular weight is 394 g/mol. The molecule has 9 heteroatoms. The number of methoxy groups -OCH3 is 1. The number of rotatable bonds is 6. The lowest BCUT2D eigenvalue weighted by atomic mass is 10.1. The standard InChI is InChI=1S/C18H22N2O6S/c1-19(13-14-4-3-9-26-14)27(22,23)15-5-6-17(24-2)16(12-15)18(21)20-7-10-25-11-8-20/h3-6,9,12H,7-8,10-11,13H2,1-2H3. The summed E-state index contributed by atoms with van der Waals surface area (Å²) in [6.45, 7) is 1.92. The summed E-state index contributed by atoms with van der Waals surface area (Å²) in [6.07, 6.45) is 1.49. The van der Waals surface area contributed by atoms with Crippen molar-refractivity contribution in [3.63, 3.8) is 0 Å². The van der Waals surface area contributed by atoms with E-state index in [9.17, 15) is 13.2 Å². The molecule has 0 atom stereocenters. The molecule has 1 aromatic carbocycles. The number of hydrogen-bond donors (Lipinski definition) is 0. The minimum absolute atomic E-state index is 0.0222. The fraction of sp³-hybridized carbons (Fsp3) is 0.389. The summed E-state index contributed by atoms with van der Waals surface area (Å²) in [4.78, 5) is 14.5. The highest BCUT2D eigenvalue weighted by atomic mass is 32.2. The molecule has 1 aliphatic rings. The predicted octanol–water partition coefficient (Wildman–Crippen LogP) is 1.58. The van der Waals surface area contributed by atoms with E-state index in [0.29, 0.717) is 37.8 Å². The topological polar surface area (TPSA) is 89.3 Å². The van der Waals surface area contributed by atoms with E-state index in [1.807, 2.05) is 0 Å². The van der Waals surface area contributed by atoms with E-state index in [1.165, 1.54) is 42.9 Å². The van der Waals surface area contributed by atoms with Crippen LogP contribution >= 0.6 is 0 Å². The van der Waals surface area contributed by atoms with Crippen molar-refractivity contribution in [2.24, 2.45) is 0 Å². The van der Waals surface area contributed by atoms with Gasteiger partial charge in [-0.1, -0.05) is 0 Å². The van der Waals surface area contributed by atoms with Gasteiger partial charge in [0.05, 0.1) is 43.6 Å². The number of benzene rings is 1. The number of hydrogen-bond acceptors (Lipinski definition) is 6. The van der Waals surface area contributed by atoms with E-state index in [-0.39, 0.29) is 22.9 Å². The van der Waals surface area contributed by atoms with Crippen molar-refractivity contribution in [2.45, 2.75) is 11.4 Å². The molecule has 3 rings (SSSR count). The molecule has 0 saturated carbocycles. The van der Waals surface area contributed by atoms with Gasteiger partial charge < -0.3 is 18.8 Å². The molecule has 146 valence electrons. The summed E-state index contributed by atoms with van der Waals surface area (Å²) < 4.78 is 42.7. The first-order valence-electron chi connectivity index (χ1n) is 8.47. The van der Waals surface area contributed by atoms with Crippen LogP contribution in [0.15, 0.2) is 45.9 Å². The quantitative estimate of drug-likeness (QED) is 0.739. The van der Waals surface area contributed by atoms with Crippen LogP contribution in [0.4, 0.5) is 0 Å². The Bertz CT molecular complexity index is 889. The first-order chi connectivity index (χ1) is 12.9. The van der Waals surface area contributed by atoms with Gasteiger partial charge in [0.2, 0.25) is 10.0 Å². The van der Waals surface area contributed by atoms with Crippen LogP contribution in [0, 0.1) is 0 Å². The van der Waals surface area contributed by atoms with Gasteiger partial charge in [-0.3, -0.25) is 4.79 Å².